The third-order valence-electron chi connectivity index (χ3n) is 5.14. The van der Waals surface area contributed by atoms with Gasteiger partial charge in [0.2, 0.25) is 0 Å². The van der Waals surface area contributed by atoms with E-state index in [4.69, 9.17) is 10.5 Å². The number of piperidine rings is 1. The lowest BCUT2D eigenvalue weighted by atomic mass is 9.80. The molecule has 0 saturated carbocycles. The van der Waals surface area contributed by atoms with Gasteiger partial charge in [0.05, 0.1) is 12.1 Å². The molecule has 1 aromatic rings. The van der Waals surface area contributed by atoms with Crippen molar-refractivity contribution in [3.63, 3.8) is 0 Å². The highest BCUT2D eigenvalue weighted by atomic mass is 16.5. The molecule has 1 fully saturated rings. The van der Waals surface area contributed by atoms with Crippen LogP contribution in [0.3, 0.4) is 0 Å². The van der Waals surface area contributed by atoms with Crippen molar-refractivity contribution in [2.75, 3.05) is 26.2 Å². The Morgan fingerprint density at radius 2 is 2.10 bits per heavy atom. The number of nitrogens with zero attached hydrogens (tertiary/aromatic N) is 1. The summed E-state index contributed by atoms with van der Waals surface area (Å²) < 4.78 is 5.87. The zero-order valence-electron chi connectivity index (χ0n) is 12.7. The SMILES string of the molecule is Cc1ccc2c(c1)C(CN)(N1CCC(C)CC1)CCO2. The molecule has 2 N–H and O–H groups in total. The van der Waals surface area contributed by atoms with Gasteiger partial charge in [0.25, 0.3) is 0 Å². The quantitative estimate of drug-likeness (QED) is 0.901. The molecule has 1 aromatic carbocycles. The first-order valence-electron chi connectivity index (χ1n) is 7.85. The van der Waals surface area contributed by atoms with E-state index in [1.165, 1.54) is 24.0 Å². The Kier molecular flexibility index (Phi) is 3.74. The molecule has 2 heterocycles. The Balaban J connectivity index is 1.99. The van der Waals surface area contributed by atoms with Crippen molar-refractivity contribution in [2.45, 2.75) is 38.6 Å². The zero-order valence-corrected chi connectivity index (χ0v) is 12.7. The van der Waals surface area contributed by atoms with Crippen LogP contribution in [-0.2, 0) is 5.54 Å². The number of rotatable bonds is 2. The summed E-state index contributed by atoms with van der Waals surface area (Å²) >= 11 is 0. The standard InChI is InChI=1S/C17H26N2O/c1-13-5-8-19(9-6-13)17(12-18)7-10-20-16-4-3-14(2)11-15(16)17/h3-4,11,13H,5-10,12,18H2,1-2H3. The fraction of sp³-hybridized carbons (Fsp3) is 0.647. The number of aryl methyl sites for hydroxylation is 1. The van der Waals surface area contributed by atoms with Crippen LogP contribution in [0.2, 0.25) is 0 Å². The first kappa shape index (κ1) is 13.9. The molecule has 0 aromatic heterocycles. The second-order valence-corrected chi connectivity index (χ2v) is 6.50. The lowest BCUT2D eigenvalue weighted by Crippen LogP contribution is -2.56. The van der Waals surface area contributed by atoms with Gasteiger partial charge in [-0.3, -0.25) is 4.90 Å². The van der Waals surface area contributed by atoms with Crippen LogP contribution in [-0.4, -0.2) is 31.1 Å². The van der Waals surface area contributed by atoms with E-state index in [-0.39, 0.29) is 5.54 Å². The van der Waals surface area contributed by atoms with Crippen LogP contribution in [0.4, 0.5) is 0 Å². The van der Waals surface area contributed by atoms with E-state index in [1.54, 1.807) is 0 Å². The summed E-state index contributed by atoms with van der Waals surface area (Å²) in [7, 11) is 0. The largest absolute Gasteiger partial charge is 0.493 e. The molecule has 110 valence electrons. The normalized spacial score (nSPS) is 27.9. The first-order valence-corrected chi connectivity index (χ1v) is 7.85. The molecule has 0 bridgehead atoms. The number of benzene rings is 1. The van der Waals surface area contributed by atoms with E-state index in [1.807, 2.05) is 0 Å². The monoisotopic (exact) mass is 274 g/mol. The molecule has 0 amide bonds. The second-order valence-electron chi connectivity index (χ2n) is 6.50. The molecule has 3 rings (SSSR count). The molecule has 1 atom stereocenters. The van der Waals surface area contributed by atoms with Gasteiger partial charge in [0.15, 0.2) is 0 Å². The molecule has 0 aliphatic carbocycles. The van der Waals surface area contributed by atoms with E-state index in [0.29, 0.717) is 6.54 Å². The summed E-state index contributed by atoms with van der Waals surface area (Å²) in [5.41, 5.74) is 8.85. The van der Waals surface area contributed by atoms with E-state index in [2.05, 4.69) is 36.9 Å². The van der Waals surface area contributed by atoms with Crippen molar-refractivity contribution in [3.05, 3.63) is 29.3 Å². The maximum atomic E-state index is 6.27. The average Bonchev–Trinajstić information content (AvgIpc) is 2.47. The van der Waals surface area contributed by atoms with E-state index < -0.39 is 0 Å². The van der Waals surface area contributed by atoms with Gasteiger partial charge in [0.1, 0.15) is 5.75 Å². The van der Waals surface area contributed by atoms with Gasteiger partial charge < -0.3 is 10.5 Å². The summed E-state index contributed by atoms with van der Waals surface area (Å²) in [6.45, 7) is 8.28. The third-order valence-corrected chi connectivity index (χ3v) is 5.14. The molecular weight excluding hydrogens is 248 g/mol. The van der Waals surface area contributed by atoms with Crippen LogP contribution in [0.1, 0.15) is 37.3 Å². The van der Waals surface area contributed by atoms with Gasteiger partial charge in [-0.25, -0.2) is 0 Å². The van der Waals surface area contributed by atoms with Gasteiger partial charge in [-0.05, 0) is 44.8 Å². The Morgan fingerprint density at radius 1 is 1.35 bits per heavy atom. The fourth-order valence-corrected chi connectivity index (χ4v) is 3.70. The Bertz CT molecular complexity index is 480. The van der Waals surface area contributed by atoms with Gasteiger partial charge in [0, 0.05) is 18.5 Å². The minimum Gasteiger partial charge on any atom is -0.493 e. The smallest absolute Gasteiger partial charge is 0.124 e. The fourth-order valence-electron chi connectivity index (χ4n) is 3.70. The zero-order chi connectivity index (χ0) is 14.2. The van der Waals surface area contributed by atoms with Crippen LogP contribution in [0.25, 0.3) is 0 Å². The van der Waals surface area contributed by atoms with Gasteiger partial charge in [-0.1, -0.05) is 24.6 Å². The molecule has 2 aliphatic heterocycles. The summed E-state index contributed by atoms with van der Waals surface area (Å²) in [6.07, 6.45) is 3.57. The maximum absolute atomic E-state index is 6.27. The summed E-state index contributed by atoms with van der Waals surface area (Å²) in [5.74, 6) is 1.88. The van der Waals surface area contributed by atoms with Crippen LogP contribution >= 0.6 is 0 Å². The molecule has 20 heavy (non-hydrogen) atoms. The van der Waals surface area contributed by atoms with Crippen LogP contribution in [0, 0.1) is 12.8 Å². The van der Waals surface area contributed by atoms with Crippen LogP contribution in [0.5, 0.6) is 5.75 Å². The van der Waals surface area contributed by atoms with Crippen molar-refractivity contribution < 1.29 is 4.74 Å². The number of hydrogen-bond donors (Lipinski definition) is 1. The molecule has 3 heteroatoms. The number of fused-ring (bicyclic) bond motifs is 1. The lowest BCUT2D eigenvalue weighted by Gasteiger charge is -2.49. The maximum Gasteiger partial charge on any atom is 0.124 e. The minimum absolute atomic E-state index is 0.0141. The number of ether oxygens (including phenoxy) is 1. The molecule has 2 aliphatic rings. The first-order chi connectivity index (χ1) is 9.65. The molecule has 0 radical (unpaired) electrons. The predicted molar refractivity (Wildman–Crippen MR) is 82.0 cm³/mol. The van der Waals surface area contributed by atoms with Gasteiger partial charge >= 0.3 is 0 Å². The van der Waals surface area contributed by atoms with Crippen LogP contribution < -0.4 is 10.5 Å². The highest BCUT2D eigenvalue weighted by Crippen LogP contribution is 2.42. The Morgan fingerprint density at radius 3 is 2.80 bits per heavy atom. The second kappa shape index (κ2) is 5.38. The highest BCUT2D eigenvalue weighted by molar-refractivity contribution is 5.44. The van der Waals surface area contributed by atoms with Gasteiger partial charge in [-0.15, -0.1) is 0 Å². The van der Waals surface area contributed by atoms with Crippen LogP contribution in [0.15, 0.2) is 18.2 Å². The average molecular weight is 274 g/mol. The van der Waals surface area contributed by atoms with Crippen molar-refractivity contribution in [3.8, 4) is 5.75 Å². The number of nitrogens with two attached hydrogens (primary N) is 1. The summed E-state index contributed by atoms with van der Waals surface area (Å²) in [5, 5.41) is 0. The van der Waals surface area contributed by atoms with E-state index in [9.17, 15) is 0 Å². The number of hydrogen-bond acceptors (Lipinski definition) is 3. The minimum atomic E-state index is -0.0141. The molecule has 1 unspecified atom stereocenters. The van der Waals surface area contributed by atoms with Crippen molar-refractivity contribution in [2.24, 2.45) is 11.7 Å². The van der Waals surface area contributed by atoms with E-state index in [0.717, 1.165) is 37.8 Å². The summed E-state index contributed by atoms with van der Waals surface area (Å²) in [4.78, 5) is 2.62. The van der Waals surface area contributed by atoms with Crippen molar-refractivity contribution in [1.29, 1.82) is 0 Å². The third kappa shape index (κ3) is 2.23. The van der Waals surface area contributed by atoms with Crippen molar-refractivity contribution in [1.82, 2.24) is 4.90 Å². The lowest BCUT2D eigenvalue weighted by molar-refractivity contribution is 0.0227. The topological polar surface area (TPSA) is 38.5 Å². The van der Waals surface area contributed by atoms with Crippen molar-refractivity contribution >= 4 is 0 Å². The molecule has 1 saturated heterocycles. The summed E-state index contributed by atoms with van der Waals surface area (Å²) in [6, 6.07) is 6.52. The van der Waals surface area contributed by atoms with E-state index >= 15 is 0 Å². The molecular formula is C17H26N2O. The number of likely N-dealkylation sites (tertiary alicyclic amines) is 1. The van der Waals surface area contributed by atoms with Gasteiger partial charge in [-0.2, -0.15) is 0 Å². The molecule has 0 spiro atoms. The highest BCUT2D eigenvalue weighted by Gasteiger charge is 2.42. The Labute approximate surface area is 122 Å². The molecule has 3 nitrogen and oxygen atoms in total. The predicted octanol–water partition coefficient (Wildman–Crippen LogP) is 2.66. The Hall–Kier alpha value is -1.06.